The first kappa shape index (κ1) is 16.7. The van der Waals surface area contributed by atoms with Crippen molar-refractivity contribution in [2.45, 2.75) is 63.4 Å². The summed E-state index contributed by atoms with van der Waals surface area (Å²) in [5, 5.41) is 9.04. The van der Waals surface area contributed by atoms with Gasteiger partial charge in [0.15, 0.2) is 0 Å². The van der Waals surface area contributed by atoms with E-state index >= 15 is 0 Å². The van der Waals surface area contributed by atoms with Crippen molar-refractivity contribution < 1.29 is 9.90 Å². The molecular formula is C13H26ClNO2. The van der Waals surface area contributed by atoms with Crippen molar-refractivity contribution in [2.75, 3.05) is 14.1 Å². The Labute approximate surface area is 110 Å². The van der Waals surface area contributed by atoms with Crippen LogP contribution in [0, 0.1) is 0 Å². The van der Waals surface area contributed by atoms with Crippen LogP contribution in [0.3, 0.4) is 0 Å². The average molecular weight is 264 g/mol. The fourth-order valence-electron chi connectivity index (χ4n) is 1.63. The van der Waals surface area contributed by atoms with E-state index in [1.165, 1.54) is 0 Å². The monoisotopic (exact) mass is 263 g/mol. The fourth-order valence-corrected chi connectivity index (χ4v) is 1.92. The van der Waals surface area contributed by atoms with Crippen LogP contribution < -0.4 is 0 Å². The molecule has 2 unspecified atom stereocenters. The molecule has 0 fully saturated rings. The number of rotatable bonds is 9. The molecule has 1 amide bonds. The standard InChI is InChI=1S/C13H26ClNO2/c1-11(16)8-6-4-5-7-9-12(14)10-13(17)15(2)3/h11-12,16H,4-10H2,1-3H3. The van der Waals surface area contributed by atoms with E-state index in [1.807, 2.05) is 6.92 Å². The molecule has 102 valence electrons. The van der Waals surface area contributed by atoms with Gasteiger partial charge in [0.05, 0.1) is 6.10 Å². The molecular weight excluding hydrogens is 238 g/mol. The number of carbonyl (C=O) groups excluding carboxylic acids is 1. The number of alkyl halides is 1. The molecule has 1 N–H and O–H groups in total. The molecule has 17 heavy (non-hydrogen) atoms. The minimum absolute atomic E-state index is 0.0401. The molecule has 0 aromatic carbocycles. The van der Waals surface area contributed by atoms with Gasteiger partial charge in [0.1, 0.15) is 0 Å². The quantitative estimate of drug-likeness (QED) is 0.513. The summed E-state index contributed by atoms with van der Waals surface area (Å²) in [5.74, 6) is 0.0964. The van der Waals surface area contributed by atoms with Gasteiger partial charge >= 0.3 is 0 Å². The van der Waals surface area contributed by atoms with E-state index in [2.05, 4.69) is 0 Å². The van der Waals surface area contributed by atoms with Gasteiger partial charge in [0.2, 0.25) is 5.91 Å². The third kappa shape index (κ3) is 10.6. The first-order chi connectivity index (χ1) is 7.93. The fraction of sp³-hybridized carbons (Fsp3) is 0.923. The maximum Gasteiger partial charge on any atom is 0.223 e. The summed E-state index contributed by atoms with van der Waals surface area (Å²) in [4.78, 5) is 13.0. The van der Waals surface area contributed by atoms with Crippen LogP contribution in [-0.4, -0.2) is 41.5 Å². The molecule has 3 nitrogen and oxygen atoms in total. The van der Waals surface area contributed by atoms with Crippen molar-refractivity contribution >= 4 is 17.5 Å². The van der Waals surface area contributed by atoms with Crippen LogP contribution in [0.15, 0.2) is 0 Å². The number of unbranched alkanes of at least 4 members (excludes halogenated alkanes) is 3. The van der Waals surface area contributed by atoms with E-state index in [-0.39, 0.29) is 17.4 Å². The molecule has 0 aromatic rings. The summed E-state index contributed by atoms with van der Waals surface area (Å²) in [6.07, 6.45) is 6.42. The lowest BCUT2D eigenvalue weighted by atomic mass is 10.1. The predicted molar refractivity (Wildman–Crippen MR) is 72.3 cm³/mol. The Bertz CT molecular complexity index is 208. The number of nitrogens with zero attached hydrogens (tertiary/aromatic N) is 1. The molecule has 0 aliphatic carbocycles. The minimum Gasteiger partial charge on any atom is -0.393 e. The van der Waals surface area contributed by atoms with Gasteiger partial charge in [-0.2, -0.15) is 0 Å². The van der Waals surface area contributed by atoms with Crippen molar-refractivity contribution in [1.29, 1.82) is 0 Å². The zero-order chi connectivity index (χ0) is 13.3. The van der Waals surface area contributed by atoms with Crippen LogP contribution in [-0.2, 0) is 4.79 Å². The van der Waals surface area contributed by atoms with Crippen molar-refractivity contribution in [3.63, 3.8) is 0 Å². The van der Waals surface area contributed by atoms with Crippen LogP contribution in [0.25, 0.3) is 0 Å². The molecule has 0 spiro atoms. The van der Waals surface area contributed by atoms with Crippen LogP contribution in [0.5, 0.6) is 0 Å². The molecule has 0 rings (SSSR count). The van der Waals surface area contributed by atoms with Crippen molar-refractivity contribution in [3.8, 4) is 0 Å². The second kappa shape index (κ2) is 9.72. The summed E-state index contributed by atoms with van der Waals surface area (Å²) >= 11 is 6.10. The molecule has 0 saturated heterocycles. The number of hydrogen-bond donors (Lipinski definition) is 1. The van der Waals surface area contributed by atoms with Crippen molar-refractivity contribution in [3.05, 3.63) is 0 Å². The molecule has 0 heterocycles. The first-order valence-corrected chi connectivity index (χ1v) is 6.89. The van der Waals surface area contributed by atoms with Crippen molar-refractivity contribution in [1.82, 2.24) is 4.90 Å². The van der Waals surface area contributed by atoms with Gasteiger partial charge in [-0.05, 0) is 19.8 Å². The number of aliphatic hydroxyl groups is 1. The molecule has 0 aliphatic rings. The third-order valence-electron chi connectivity index (χ3n) is 2.78. The Morgan fingerprint density at radius 2 is 1.71 bits per heavy atom. The lowest BCUT2D eigenvalue weighted by molar-refractivity contribution is -0.128. The molecule has 4 heteroatoms. The predicted octanol–water partition coefficient (Wildman–Crippen LogP) is 2.79. The van der Waals surface area contributed by atoms with Crippen molar-refractivity contribution in [2.24, 2.45) is 0 Å². The highest BCUT2D eigenvalue weighted by atomic mass is 35.5. The molecule has 0 aliphatic heterocycles. The zero-order valence-electron chi connectivity index (χ0n) is 11.3. The largest absolute Gasteiger partial charge is 0.393 e. The number of amides is 1. The van der Waals surface area contributed by atoms with Crippen LogP contribution >= 0.6 is 11.6 Å². The van der Waals surface area contributed by atoms with E-state index in [0.717, 1.165) is 38.5 Å². The Kier molecular flexibility index (Phi) is 9.56. The van der Waals surface area contributed by atoms with E-state index < -0.39 is 0 Å². The minimum atomic E-state index is -0.187. The summed E-state index contributed by atoms with van der Waals surface area (Å²) in [7, 11) is 3.50. The van der Waals surface area contributed by atoms with Crippen LogP contribution in [0.2, 0.25) is 0 Å². The van der Waals surface area contributed by atoms with Gasteiger partial charge in [0, 0.05) is 25.9 Å². The van der Waals surface area contributed by atoms with Gasteiger partial charge in [0.25, 0.3) is 0 Å². The van der Waals surface area contributed by atoms with E-state index in [4.69, 9.17) is 16.7 Å². The molecule has 0 bridgehead atoms. The highest BCUT2D eigenvalue weighted by Crippen LogP contribution is 2.15. The molecule has 2 atom stereocenters. The Morgan fingerprint density at radius 3 is 2.18 bits per heavy atom. The summed E-state index contributed by atoms with van der Waals surface area (Å²) < 4.78 is 0. The maximum atomic E-state index is 11.4. The second-order valence-electron chi connectivity index (χ2n) is 4.93. The zero-order valence-corrected chi connectivity index (χ0v) is 12.0. The topological polar surface area (TPSA) is 40.5 Å². The van der Waals surface area contributed by atoms with E-state index in [0.29, 0.717) is 6.42 Å². The highest BCUT2D eigenvalue weighted by molar-refractivity contribution is 6.21. The van der Waals surface area contributed by atoms with Gasteiger partial charge in [-0.15, -0.1) is 11.6 Å². The Morgan fingerprint density at radius 1 is 1.18 bits per heavy atom. The number of hydrogen-bond acceptors (Lipinski definition) is 2. The van der Waals surface area contributed by atoms with E-state index in [9.17, 15) is 4.79 Å². The van der Waals surface area contributed by atoms with Gasteiger partial charge in [-0.25, -0.2) is 0 Å². The second-order valence-corrected chi connectivity index (χ2v) is 5.55. The third-order valence-corrected chi connectivity index (χ3v) is 3.16. The smallest absolute Gasteiger partial charge is 0.223 e. The van der Waals surface area contributed by atoms with Gasteiger partial charge in [-0.1, -0.05) is 25.7 Å². The maximum absolute atomic E-state index is 11.4. The average Bonchev–Trinajstić information content (AvgIpc) is 2.22. The lowest BCUT2D eigenvalue weighted by Gasteiger charge is -2.13. The van der Waals surface area contributed by atoms with E-state index in [1.54, 1.807) is 19.0 Å². The highest BCUT2D eigenvalue weighted by Gasteiger charge is 2.11. The van der Waals surface area contributed by atoms with Gasteiger partial charge in [-0.3, -0.25) is 4.79 Å². The van der Waals surface area contributed by atoms with Gasteiger partial charge < -0.3 is 10.0 Å². The SMILES string of the molecule is CC(O)CCCCCCC(Cl)CC(=O)N(C)C. The molecule has 0 saturated carbocycles. The summed E-state index contributed by atoms with van der Waals surface area (Å²) in [6, 6.07) is 0. The summed E-state index contributed by atoms with van der Waals surface area (Å²) in [5.41, 5.74) is 0. The normalized spacial score (nSPS) is 14.4. The van der Waals surface area contributed by atoms with Crippen LogP contribution in [0.4, 0.5) is 0 Å². The number of halogens is 1. The first-order valence-electron chi connectivity index (χ1n) is 6.45. The number of aliphatic hydroxyl groups excluding tert-OH is 1. The Hall–Kier alpha value is -0.280. The summed E-state index contributed by atoms with van der Waals surface area (Å²) in [6.45, 7) is 1.82. The molecule has 0 radical (unpaired) electrons. The molecule has 0 aromatic heterocycles. The number of carbonyl (C=O) groups is 1. The Balaban J connectivity index is 3.39. The lowest BCUT2D eigenvalue weighted by Crippen LogP contribution is -2.24. The van der Waals surface area contributed by atoms with Crippen LogP contribution in [0.1, 0.15) is 51.9 Å².